The van der Waals surface area contributed by atoms with Gasteiger partial charge in [-0.15, -0.1) is 5.10 Å². The maximum Gasteiger partial charge on any atom is 0.147 e. The van der Waals surface area contributed by atoms with E-state index < -0.39 is 11.2 Å². The number of ether oxygens (including phenoxy) is 9. The maximum atomic E-state index is 6.43. The van der Waals surface area contributed by atoms with Gasteiger partial charge in [-0.3, -0.25) is 0 Å². The van der Waals surface area contributed by atoms with Crippen LogP contribution >= 0.6 is 0 Å². The molecule has 2 aliphatic rings. The largest absolute Gasteiger partial charge is 0.491 e. The molecule has 71 heavy (non-hydrogen) atoms. The Kier molecular flexibility index (Phi) is 16.4. The van der Waals surface area contributed by atoms with Gasteiger partial charge in [-0.1, -0.05) is 102 Å². The second-order valence-electron chi connectivity index (χ2n) is 17.2. The Morgan fingerprint density at radius 3 is 1.15 bits per heavy atom. The lowest BCUT2D eigenvalue weighted by Crippen LogP contribution is -2.38. The van der Waals surface area contributed by atoms with Crippen LogP contribution in [0.15, 0.2) is 152 Å². The van der Waals surface area contributed by atoms with Crippen molar-refractivity contribution in [3.8, 4) is 11.5 Å². The van der Waals surface area contributed by atoms with E-state index in [1.165, 1.54) is 0 Å². The first-order valence-electron chi connectivity index (χ1n) is 24.2. The van der Waals surface area contributed by atoms with Crippen molar-refractivity contribution in [3.05, 3.63) is 191 Å². The van der Waals surface area contributed by atoms with Crippen molar-refractivity contribution in [2.24, 2.45) is 0 Å². The van der Waals surface area contributed by atoms with Gasteiger partial charge in [0, 0.05) is 73.3 Å². The molecule has 2 aliphatic heterocycles. The summed E-state index contributed by atoms with van der Waals surface area (Å²) < 4.78 is 55.3. The SMILES string of the molecule is COC1(c2ccc(OCCOCCOCCOCc3cn(CCOCCOCCOc4ccc(C5(OC)c6ccccc6N(C)c6ccccc65)cc4)nn3)cc2)c2ccccc2N(C)c2ccccc21. The normalized spacial score (nSPS) is 14.1. The van der Waals surface area contributed by atoms with E-state index in [1.807, 2.05) is 30.5 Å². The van der Waals surface area contributed by atoms with Crippen LogP contribution in [0.2, 0.25) is 0 Å². The number of anilines is 4. The molecule has 14 nitrogen and oxygen atoms in total. The van der Waals surface area contributed by atoms with E-state index in [-0.39, 0.29) is 0 Å². The minimum atomic E-state index is -0.747. The van der Waals surface area contributed by atoms with Crippen LogP contribution in [0, 0.1) is 0 Å². The highest BCUT2D eigenvalue weighted by Crippen LogP contribution is 2.54. The van der Waals surface area contributed by atoms with E-state index in [0.29, 0.717) is 85.8 Å². The summed E-state index contributed by atoms with van der Waals surface area (Å²) in [6.45, 7) is 5.86. The summed E-state index contributed by atoms with van der Waals surface area (Å²) >= 11 is 0. The van der Waals surface area contributed by atoms with E-state index in [2.05, 4.69) is 156 Å². The molecule has 0 saturated carbocycles. The van der Waals surface area contributed by atoms with Gasteiger partial charge in [0.05, 0.1) is 78.8 Å². The minimum Gasteiger partial charge on any atom is -0.491 e. The lowest BCUT2D eigenvalue weighted by atomic mass is 9.76. The summed E-state index contributed by atoms with van der Waals surface area (Å²) in [5.41, 5.74) is 10.2. The predicted octanol–water partition coefficient (Wildman–Crippen LogP) is 9.06. The average Bonchev–Trinajstić information content (AvgIpc) is 3.88. The fourth-order valence-corrected chi connectivity index (χ4v) is 9.72. The van der Waals surface area contributed by atoms with Gasteiger partial charge in [-0.2, -0.15) is 0 Å². The molecule has 0 N–H and O–H groups in total. The quantitative estimate of drug-likeness (QED) is 0.0481. The standard InChI is InChI=1S/C57H63N5O9/c1-60-52-17-9-5-13-48(52)56(63-3,49-14-6-10-18-53(49)60)43-21-25-46(26-22-43)70-39-37-67-32-31-65-30-29-62-41-45(58-59-62)42-69-36-35-66-33-34-68-38-40-71-47-27-23-44(24-28-47)57(64-4)50-15-7-11-19-54(50)61(2)55-20-12-8-16-51(55)57/h5-28,41H,29-40,42H2,1-4H3. The summed E-state index contributed by atoms with van der Waals surface area (Å²) in [7, 11) is 7.74. The van der Waals surface area contributed by atoms with Crippen LogP contribution in [0.25, 0.3) is 0 Å². The summed E-state index contributed by atoms with van der Waals surface area (Å²) in [5, 5.41) is 8.38. The second-order valence-corrected chi connectivity index (χ2v) is 17.2. The van der Waals surface area contributed by atoms with Crippen molar-refractivity contribution in [2.75, 3.05) is 111 Å². The molecule has 14 heteroatoms. The molecule has 3 heterocycles. The van der Waals surface area contributed by atoms with Gasteiger partial charge in [-0.25, -0.2) is 4.68 Å². The first-order chi connectivity index (χ1) is 35.0. The fraction of sp³-hybridized carbons (Fsp3) is 0.333. The number of benzene rings is 6. The van der Waals surface area contributed by atoms with Gasteiger partial charge in [-0.05, 0) is 59.7 Å². The van der Waals surface area contributed by atoms with E-state index >= 15 is 0 Å². The summed E-state index contributed by atoms with van der Waals surface area (Å²) in [6.07, 6.45) is 1.86. The molecule has 7 aromatic rings. The number of fused-ring (bicyclic) bond motifs is 4. The van der Waals surface area contributed by atoms with Crippen molar-refractivity contribution < 1.29 is 42.6 Å². The van der Waals surface area contributed by atoms with Crippen LogP contribution in [-0.2, 0) is 57.5 Å². The number of rotatable bonds is 26. The van der Waals surface area contributed by atoms with Crippen molar-refractivity contribution in [3.63, 3.8) is 0 Å². The molecule has 1 aromatic heterocycles. The van der Waals surface area contributed by atoms with Gasteiger partial charge in [0.2, 0.25) is 0 Å². The highest BCUT2D eigenvalue weighted by atomic mass is 16.6. The van der Waals surface area contributed by atoms with E-state index in [1.54, 1.807) is 18.9 Å². The second kappa shape index (κ2) is 23.5. The zero-order chi connectivity index (χ0) is 48.9. The number of hydrogen-bond acceptors (Lipinski definition) is 13. The molecule has 370 valence electrons. The average molecular weight is 962 g/mol. The van der Waals surface area contributed by atoms with Crippen LogP contribution in [0.3, 0.4) is 0 Å². The van der Waals surface area contributed by atoms with Crippen LogP contribution in [0.1, 0.15) is 39.1 Å². The first-order valence-corrected chi connectivity index (χ1v) is 24.2. The van der Waals surface area contributed by atoms with E-state index in [4.69, 9.17) is 42.6 Å². The topological polar surface area (TPSA) is 120 Å². The minimum absolute atomic E-state index is 0.346. The van der Waals surface area contributed by atoms with Gasteiger partial charge >= 0.3 is 0 Å². The highest BCUT2D eigenvalue weighted by Gasteiger charge is 2.45. The third-order valence-electron chi connectivity index (χ3n) is 13.1. The molecule has 0 saturated heterocycles. The van der Waals surface area contributed by atoms with Crippen molar-refractivity contribution in [1.82, 2.24) is 15.0 Å². The summed E-state index contributed by atoms with van der Waals surface area (Å²) in [5.74, 6) is 1.53. The van der Waals surface area contributed by atoms with Gasteiger partial charge in [0.15, 0.2) is 0 Å². The molecule has 0 fully saturated rings. The third kappa shape index (κ3) is 10.6. The van der Waals surface area contributed by atoms with E-state index in [0.717, 1.165) is 73.3 Å². The van der Waals surface area contributed by atoms with Gasteiger partial charge < -0.3 is 52.4 Å². The van der Waals surface area contributed by atoms with E-state index in [9.17, 15) is 0 Å². The summed E-state index contributed by atoms with van der Waals surface area (Å²) in [6, 6.07) is 49.9. The Hall–Kier alpha value is -6.62. The molecule has 0 amide bonds. The molecule has 0 atom stereocenters. The zero-order valence-electron chi connectivity index (χ0n) is 41.0. The highest BCUT2D eigenvalue weighted by molar-refractivity contribution is 5.80. The molecule has 9 rings (SSSR count). The molecule has 0 radical (unpaired) electrons. The lowest BCUT2D eigenvalue weighted by Gasteiger charge is -2.43. The number of para-hydroxylation sites is 4. The molecule has 6 aromatic carbocycles. The zero-order valence-corrected chi connectivity index (χ0v) is 41.0. The Morgan fingerprint density at radius 1 is 0.408 bits per heavy atom. The van der Waals surface area contributed by atoms with Crippen LogP contribution < -0.4 is 19.3 Å². The monoisotopic (exact) mass is 961 g/mol. The predicted molar refractivity (Wildman–Crippen MR) is 273 cm³/mol. The Labute approximate surface area is 416 Å². The number of nitrogens with zero attached hydrogens (tertiary/aromatic N) is 5. The van der Waals surface area contributed by atoms with Crippen molar-refractivity contribution in [1.29, 1.82) is 0 Å². The van der Waals surface area contributed by atoms with Crippen molar-refractivity contribution in [2.45, 2.75) is 24.4 Å². The Morgan fingerprint density at radius 2 is 0.761 bits per heavy atom. The van der Waals surface area contributed by atoms with Crippen LogP contribution in [0.4, 0.5) is 22.7 Å². The van der Waals surface area contributed by atoms with Crippen molar-refractivity contribution >= 4 is 22.7 Å². The fourth-order valence-electron chi connectivity index (χ4n) is 9.72. The van der Waals surface area contributed by atoms with Crippen LogP contribution in [0.5, 0.6) is 11.5 Å². The van der Waals surface area contributed by atoms with Gasteiger partial charge in [0.1, 0.15) is 41.6 Å². The van der Waals surface area contributed by atoms with Crippen LogP contribution in [-0.4, -0.2) is 116 Å². The molecular weight excluding hydrogens is 899 g/mol. The smallest absolute Gasteiger partial charge is 0.147 e. The molecule has 0 bridgehead atoms. The number of hydrogen-bond donors (Lipinski definition) is 0. The molecule has 0 spiro atoms. The molecular formula is C57H63N5O9. The number of aromatic nitrogens is 3. The molecule has 0 unspecified atom stereocenters. The third-order valence-corrected chi connectivity index (χ3v) is 13.1. The number of methoxy groups -OCH3 is 2. The Balaban J connectivity index is 0.592. The lowest BCUT2D eigenvalue weighted by molar-refractivity contribution is 0.00546. The van der Waals surface area contributed by atoms with Gasteiger partial charge in [0.25, 0.3) is 0 Å². The maximum absolute atomic E-state index is 6.43. The summed E-state index contributed by atoms with van der Waals surface area (Å²) in [4.78, 5) is 4.44. The Bertz CT molecular complexity index is 2690. The molecule has 0 aliphatic carbocycles. The first kappa shape index (κ1) is 49.4.